The Morgan fingerprint density at radius 3 is 2.59 bits per heavy atom. The Hall–Kier alpha value is -1.78. The highest BCUT2D eigenvalue weighted by atomic mass is 32.2. The maximum absolute atomic E-state index is 12.4. The fraction of sp³-hybridized carbons (Fsp3) is 0.417. The van der Waals surface area contributed by atoms with Gasteiger partial charge in [-0.05, 0) is 18.9 Å². The van der Waals surface area contributed by atoms with Gasteiger partial charge in [0.1, 0.15) is 10.9 Å². The van der Waals surface area contributed by atoms with Gasteiger partial charge in [0.25, 0.3) is 0 Å². The Labute approximate surface area is 131 Å². The summed E-state index contributed by atoms with van der Waals surface area (Å²) in [4.78, 5) is 14.8. The van der Waals surface area contributed by atoms with Crippen LogP contribution in [0.15, 0.2) is 20.9 Å². The quantitative estimate of drug-likeness (QED) is 0.818. The van der Waals surface area contributed by atoms with Gasteiger partial charge in [0, 0.05) is 5.38 Å². The maximum Gasteiger partial charge on any atom is 0.345 e. The van der Waals surface area contributed by atoms with Crippen LogP contribution in [-0.2, 0) is 10.0 Å². The van der Waals surface area contributed by atoms with Crippen LogP contribution in [-0.4, -0.2) is 29.6 Å². The third-order valence-electron chi connectivity index (χ3n) is 2.85. The molecule has 0 bridgehead atoms. The Kier molecular flexibility index (Phi) is 4.63. The number of carboxylic acid groups (broad SMARTS) is 1. The highest BCUT2D eigenvalue weighted by molar-refractivity contribution is 7.89. The van der Waals surface area contributed by atoms with Crippen molar-refractivity contribution in [3.05, 3.63) is 28.0 Å². The van der Waals surface area contributed by atoms with Crippen LogP contribution in [0.2, 0.25) is 0 Å². The van der Waals surface area contributed by atoms with Crippen molar-refractivity contribution >= 4 is 27.3 Å². The summed E-state index contributed by atoms with van der Waals surface area (Å²) in [7, 11) is -3.89. The molecule has 0 aromatic carbocycles. The van der Waals surface area contributed by atoms with Gasteiger partial charge in [-0.15, -0.1) is 11.3 Å². The largest absolute Gasteiger partial charge is 0.477 e. The van der Waals surface area contributed by atoms with Gasteiger partial charge in [0.05, 0.1) is 4.90 Å². The van der Waals surface area contributed by atoms with Crippen molar-refractivity contribution in [2.24, 2.45) is 5.92 Å². The van der Waals surface area contributed by atoms with Gasteiger partial charge < -0.3 is 9.63 Å². The van der Waals surface area contributed by atoms with E-state index in [2.05, 4.69) is 14.9 Å². The van der Waals surface area contributed by atoms with E-state index >= 15 is 0 Å². The topological polar surface area (TPSA) is 122 Å². The third-order valence-corrected chi connectivity index (χ3v) is 5.34. The summed E-state index contributed by atoms with van der Waals surface area (Å²) in [6.07, 6.45) is 0. The van der Waals surface area contributed by atoms with Crippen molar-refractivity contribution in [3.8, 4) is 0 Å². The first-order chi connectivity index (χ1) is 10.2. The first kappa shape index (κ1) is 16.6. The predicted molar refractivity (Wildman–Crippen MR) is 78.2 cm³/mol. The van der Waals surface area contributed by atoms with Gasteiger partial charge >= 0.3 is 5.97 Å². The molecular weight excluding hydrogens is 330 g/mol. The molecule has 120 valence electrons. The molecule has 0 amide bonds. The zero-order valence-electron chi connectivity index (χ0n) is 12.1. The Balaban J connectivity index is 2.30. The lowest BCUT2D eigenvalue weighted by Crippen LogP contribution is -2.31. The number of aryl methyl sites for hydroxylation is 1. The van der Waals surface area contributed by atoms with E-state index in [9.17, 15) is 13.2 Å². The maximum atomic E-state index is 12.4. The standard InChI is InChI=1S/C12H15N3O5S2/c1-6(2)10(11-13-7(3)14-20-11)15-22(18,19)8-4-9(12(16)17)21-5-8/h4-6,10,15H,1-3H3,(H,16,17). The van der Waals surface area contributed by atoms with Crippen LogP contribution in [0, 0.1) is 12.8 Å². The molecule has 0 aliphatic carbocycles. The molecule has 0 radical (unpaired) electrons. The zero-order chi connectivity index (χ0) is 16.5. The SMILES string of the molecule is Cc1noc(C(NS(=O)(=O)c2csc(C(=O)O)c2)C(C)C)n1. The molecule has 2 N–H and O–H groups in total. The van der Waals surface area contributed by atoms with Gasteiger partial charge in [-0.25, -0.2) is 13.2 Å². The summed E-state index contributed by atoms with van der Waals surface area (Å²) in [5, 5.41) is 13.8. The normalized spacial score (nSPS) is 13.5. The van der Waals surface area contributed by atoms with Crippen LogP contribution < -0.4 is 4.72 Å². The monoisotopic (exact) mass is 345 g/mol. The number of nitrogens with zero attached hydrogens (tertiary/aromatic N) is 2. The highest BCUT2D eigenvalue weighted by Crippen LogP contribution is 2.25. The summed E-state index contributed by atoms with van der Waals surface area (Å²) >= 11 is 0.850. The zero-order valence-corrected chi connectivity index (χ0v) is 13.7. The Bertz CT molecular complexity index is 778. The van der Waals surface area contributed by atoms with Gasteiger partial charge in [-0.3, -0.25) is 0 Å². The molecule has 2 heterocycles. The number of rotatable bonds is 6. The minimum atomic E-state index is -3.89. The minimum absolute atomic E-state index is 0.0462. The van der Waals surface area contributed by atoms with Crippen molar-refractivity contribution in [2.75, 3.05) is 0 Å². The number of aromatic nitrogens is 2. The first-order valence-electron chi connectivity index (χ1n) is 6.35. The molecule has 0 saturated carbocycles. The summed E-state index contributed by atoms with van der Waals surface area (Å²) in [6, 6.07) is 0.422. The number of carbonyl (C=O) groups is 1. The van der Waals surface area contributed by atoms with Crippen LogP contribution in [0.5, 0.6) is 0 Å². The average molecular weight is 345 g/mol. The number of nitrogens with one attached hydrogen (secondary N) is 1. The fourth-order valence-corrected chi connectivity index (χ4v) is 4.17. The molecule has 22 heavy (non-hydrogen) atoms. The second-order valence-corrected chi connectivity index (χ2v) is 7.60. The molecule has 8 nitrogen and oxygen atoms in total. The second-order valence-electron chi connectivity index (χ2n) is 4.97. The average Bonchev–Trinajstić information content (AvgIpc) is 3.04. The summed E-state index contributed by atoms with van der Waals surface area (Å²) in [6.45, 7) is 5.25. The molecule has 0 spiro atoms. The van der Waals surface area contributed by atoms with Gasteiger partial charge in [0.15, 0.2) is 5.82 Å². The van der Waals surface area contributed by atoms with Crippen molar-refractivity contribution in [1.29, 1.82) is 0 Å². The molecule has 1 unspecified atom stereocenters. The van der Waals surface area contributed by atoms with Gasteiger partial charge in [-0.1, -0.05) is 19.0 Å². The number of aromatic carboxylic acids is 1. The molecule has 0 fully saturated rings. The molecule has 2 aromatic heterocycles. The van der Waals surface area contributed by atoms with Crippen LogP contribution in [0.4, 0.5) is 0 Å². The number of thiophene rings is 1. The van der Waals surface area contributed by atoms with Crippen LogP contribution >= 0.6 is 11.3 Å². The fourth-order valence-electron chi connectivity index (χ4n) is 1.72. The molecule has 10 heteroatoms. The van der Waals surface area contributed by atoms with E-state index in [1.165, 1.54) is 5.38 Å². The third kappa shape index (κ3) is 3.51. The molecule has 2 rings (SSSR count). The number of carboxylic acids is 1. The highest BCUT2D eigenvalue weighted by Gasteiger charge is 2.29. The summed E-state index contributed by atoms with van der Waals surface area (Å²) in [5.41, 5.74) is 0. The predicted octanol–water partition coefficient (Wildman–Crippen LogP) is 1.81. The minimum Gasteiger partial charge on any atom is -0.477 e. The lowest BCUT2D eigenvalue weighted by atomic mass is 10.1. The molecule has 1 atom stereocenters. The number of hydrogen-bond acceptors (Lipinski definition) is 7. The van der Waals surface area contributed by atoms with Crippen molar-refractivity contribution in [2.45, 2.75) is 31.7 Å². The number of hydrogen-bond donors (Lipinski definition) is 2. The van der Waals surface area contributed by atoms with E-state index in [0.717, 1.165) is 17.4 Å². The van der Waals surface area contributed by atoms with E-state index in [4.69, 9.17) is 9.63 Å². The van der Waals surface area contributed by atoms with Gasteiger partial charge in [0.2, 0.25) is 15.9 Å². The van der Waals surface area contributed by atoms with Crippen LogP contribution in [0.3, 0.4) is 0 Å². The Morgan fingerprint density at radius 1 is 1.45 bits per heavy atom. The second kappa shape index (κ2) is 6.15. The van der Waals surface area contributed by atoms with E-state index in [1.54, 1.807) is 6.92 Å². The van der Waals surface area contributed by atoms with Crippen LogP contribution in [0.1, 0.15) is 41.3 Å². The van der Waals surface area contributed by atoms with Crippen molar-refractivity contribution < 1.29 is 22.8 Å². The van der Waals surface area contributed by atoms with E-state index < -0.39 is 22.0 Å². The molecule has 0 saturated heterocycles. The van der Waals surface area contributed by atoms with Crippen LogP contribution in [0.25, 0.3) is 0 Å². The van der Waals surface area contributed by atoms with E-state index in [1.807, 2.05) is 13.8 Å². The van der Waals surface area contributed by atoms with Gasteiger partial charge in [-0.2, -0.15) is 9.71 Å². The molecular formula is C12H15N3O5S2. The Morgan fingerprint density at radius 2 is 2.14 bits per heavy atom. The van der Waals surface area contributed by atoms with E-state index in [0.29, 0.717) is 5.82 Å². The lowest BCUT2D eigenvalue weighted by Gasteiger charge is -2.18. The summed E-state index contributed by atoms with van der Waals surface area (Å²) < 4.78 is 32.3. The lowest BCUT2D eigenvalue weighted by molar-refractivity contribution is 0.0702. The first-order valence-corrected chi connectivity index (χ1v) is 8.71. The summed E-state index contributed by atoms with van der Waals surface area (Å²) in [5.74, 6) is -0.722. The molecule has 0 aliphatic heterocycles. The van der Waals surface area contributed by atoms with Crippen molar-refractivity contribution in [1.82, 2.24) is 14.9 Å². The van der Waals surface area contributed by atoms with E-state index in [-0.39, 0.29) is 21.6 Å². The van der Waals surface area contributed by atoms with Crippen molar-refractivity contribution in [3.63, 3.8) is 0 Å². The smallest absolute Gasteiger partial charge is 0.345 e. The molecule has 2 aromatic rings. The molecule has 0 aliphatic rings. The number of sulfonamides is 1.